The number of halogens is 2. The van der Waals surface area contributed by atoms with E-state index in [9.17, 15) is 31.6 Å². The van der Waals surface area contributed by atoms with Gasteiger partial charge in [-0.2, -0.15) is 4.72 Å². The molecule has 0 unspecified atom stereocenters. The van der Waals surface area contributed by atoms with Gasteiger partial charge in [0, 0.05) is 24.2 Å². The Labute approximate surface area is 209 Å². The van der Waals surface area contributed by atoms with Crippen LogP contribution in [0.5, 0.6) is 0 Å². The Balaban J connectivity index is 2.04. The second-order valence-corrected chi connectivity index (χ2v) is 10.9. The molecule has 0 aromatic heterocycles. The van der Waals surface area contributed by atoms with Gasteiger partial charge < -0.3 is 16.0 Å². The normalized spacial score (nSPS) is 12.5. The van der Waals surface area contributed by atoms with Crippen LogP contribution in [0.4, 0.5) is 8.78 Å². The fourth-order valence-electron chi connectivity index (χ4n) is 3.04. The first-order chi connectivity index (χ1) is 16.7. The molecule has 2 rings (SSSR count). The van der Waals surface area contributed by atoms with Gasteiger partial charge in [0.15, 0.2) is 11.6 Å². The van der Waals surface area contributed by atoms with Gasteiger partial charge in [-0.05, 0) is 58.0 Å². The Morgan fingerprint density at radius 3 is 2.11 bits per heavy atom. The lowest BCUT2D eigenvalue weighted by Crippen LogP contribution is -2.51. The van der Waals surface area contributed by atoms with Crippen LogP contribution < -0.4 is 20.7 Å². The minimum atomic E-state index is -4.12. The Morgan fingerprint density at radius 2 is 1.53 bits per heavy atom. The molecule has 0 aliphatic heterocycles. The lowest BCUT2D eigenvalue weighted by atomic mass is 10.1. The zero-order chi connectivity index (χ0) is 27.1. The quantitative estimate of drug-likeness (QED) is 0.352. The van der Waals surface area contributed by atoms with Crippen LogP contribution in [0.3, 0.4) is 0 Å². The van der Waals surface area contributed by atoms with E-state index in [-0.39, 0.29) is 23.5 Å². The summed E-state index contributed by atoms with van der Waals surface area (Å²) in [6.45, 7) is 6.82. The third kappa shape index (κ3) is 9.00. The van der Waals surface area contributed by atoms with Crippen molar-refractivity contribution in [2.75, 3.05) is 13.1 Å². The van der Waals surface area contributed by atoms with E-state index in [0.29, 0.717) is 0 Å². The van der Waals surface area contributed by atoms with E-state index in [0.717, 1.165) is 23.8 Å². The average Bonchev–Trinajstić information content (AvgIpc) is 2.76. The topological polar surface area (TPSA) is 133 Å². The van der Waals surface area contributed by atoms with Crippen LogP contribution in [-0.2, 0) is 19.6 Å². The predicted octanol–water partition coefficient (Wildman–Crippen LogP) is 1.77. The van der Waals surface area contributed by atoms with E-state index in [2.05, 4.69) is 20.7 Å². The standard InChI is InChI=1S/C24H30F2N4O5S/c1-15-5-8-17(9-6-15)36(34,35)30-20(14-21(31)29-24(2,3)4)23(33)28-12-11-27-22(32)16-7-10-18(25)19(26)13-16/h5-10,13,20,30H,11-12,14H2,1-4H3,(H,27,32)(H,28,33)(H,29,31)/t20-/m0/s1. The van der Waals surface area contributed by atoms with Crippen LogP contribution in [0.15, 0.2) is 47.4 Å². The van der Waals surface area contributed by atoms with Crippen LogP contribution in [0.2, 0.25) is 0 Å². The lowest BCUT2D eigenvalue weighted by Gasteiger charge is -2.23. The maximum absolute atomic E-state index is 13.3. The Kier molecular flexibility index (Phi) is 9.65. The van der Waals surface area contributed by atoms with E-state index in [1.165, 1.54) is 12.1 Å². The van der Waals surface area contributed by atoms with Crippen molar-refractivity contribution in [3.05, 3.63) is 65.2 Å². The summed E-state index contributed by atoms with van der Waals surface area (Å²) in [5, 5.41) is 7.58. The monoisotopic (exact) mass is 524 g/mol. The molecular weight excluding hydrogens is 494 g/mol. The molecule has 1 atom stereocenters. The van der Waals surface area contributed by atoms with Crippen molar-refractivity contribution >= 4 is 27.7 Å². The molecule has 2 aromatic carbocycles. The fourth-order valence-corrected chi connectivity index (χ4v) is 4.24. The number of carbonyl (C=O) groups is 3. The Morgan fingerprint density at radius 1 is 0.917 bits per heavy atom. The summed E-state index contributed by atoms with van der Waals surface area (Å²) in [6, 6.07) is 7.21. The molecule has 0 saturated carbocycles. The van der Waals surface area contributed by atoms with E-state index in [1.54, 1.807) is 39.8 Å². The highest BCUT2D eigenvalue weighted by Crippen LogP contribution is 2.12. The van der Waals surface area contributed by atoms with Crippen molar-refractivity contribution in [1.82, 2.24) is 20.7 Å². The van der Waals surface area contributed by atoms with Crippen LogP contribution in [-0.4, -0.2) is 50.8 Å². The zero-order valence-corrected chi connectivity index (χ0v) is 21.3. The third-order valence-electron chi connectivity index (χ3n) is 4.74. The molecule has 0 fully saturated rings. The molecule has 0 radical (unpaired) electrons. The number of amides is 3. The molecule has 2 aromatic rings. The van der Waals surface area contributed by atoms with Crippen LogP contribution >= 0.6 is 0 Å². The van der Waals surface area contributed by atoms with Gasteiger partial charge in [0.1, 0.15) is 6.04 Å². The lowest BCUT2D eigenvalue weighted by molar-refractivity contribution is -0.128. The fraction of sp³-hybridized carbons (Fsp3) is 0.375. The first kappa shape index (κ1) is 28.9. The first-order valence-corrected chi connectivity index (χ1v) is 12.6. The van der Waals surface area contributed by atoms with Gasteiger partial charge in [0.2, 0.25) is 21.8 Å². The first-order valence-electron chi connectivity index (χ1n) is 11.1. The molecule has 12 heteroatoms. The van der Waals surface area contributed by atoms with E-state index >= 15 is 0 Å². The van der Waals surface area contributed by atoms with Crippen molar-refractivity contribution in [2.45, 2.75) is 50.6 Å². The molecule has 0 aliphatic carbocycles. The Bertz CT molecular complexity index is 1210. The molecule has 0 spiro atoms. The van der Waals surface area contributed by atoms with Crippen LogP contribution in [0.25, 0.3) is 0 Å². The zero-order valence-electron chi connectivity index (χ0n) is 20.4. The van der Waals surface area contributed by atoms with Gasteiger partial charge in [0.05, 0.1) is 11.3 Å². The highest BCUT2D eigenvalue weighted by molar-refractivity contribution is 7.89. The number of aryl methyl sites for hydroxylation is 1. The summed E-state index contributed by atoms with van der Waals surface area (Å²) in [6.07, 6.45) is -0.463. The summed E-state index contributed by atoms with van der Waals surface area (Å²) in [5.41, 5.74) is 0.138. The number of hydrogen-bond donors (Lipinski definition) is 4. The average molecular weight is 525 g/mol. The molecule has 0 aliphatic rings. The summed E-state index contributed by atoms with van der Waals surface area (Å²) in [7, 11) is -4.12. The highest BCUT2D eigenvalue weighted by Gasteiger charge is 2.29. The number of nitrogens with one attached hydrogen (secondary N) is 4. The van der Waals surface area contributed by atoms with E-state index < -0.39 is 57.4 Å². The second-order valence-electron chi connectivity index (χ2n) is 9.17. The van der Waals surface area contributed by atoms with Crippen molar-refractivity contribution in [3.63, 3.8) is 0 Å². The van der Waals surface area contributed by atoms with Gasteiger partial charge >= 0.3 is 0 Å². The molecule has 0 heterocycles. The minimum absolute atomic E-state index is 0.0686. The summed E-state index contributed by atoms with van der Waals surface area (Å²) < 4.78 is 54.2. The largest absolute Gasteiger partial charge is 0.353 e. The van der Waals surface area contributed by atoms with Crippen molar-refractivity contribution in [2.24, 2.45) is 0 Å². The highest BCUT2D eigenvalue weighted by atomic mass is 32.2. The van der Waals surface area contributed by atoms with Gasteiger partial charge in [-0.1, -0.05) is 17.7 Å². The summed E-state index contributed by atoms with van der Waals surface area (Å²) in [4.78, 5) is 37.2. The molecular formula is C24H30F2N4O5S. The van der Waals surface area contributed by atoms with Gasteiger partial charge in [0.25, 0.3) is 5.91 Å². The maximum atomic E-state index is 13.3. The van der Waals surface area contributed by atoms with Crippen molar-refractivity contribution in [3.8, 4) is 0 Å². The summed E-state index contributed by atoms with van der Waals surface area (Å²) in [5.74, 6) is -4.27. The molecule has 196 valence electrons. The maximum Gasteiger partial charge on any atom is 0.251 e. The van der Waals surface area contributed by atoms with Gasteiger partial charge in [-0.25, -0.2) is 17.2 Å². The number of benzene rings is 2. The SMILES string of the molecule is Cc1ccc(S(=O)(=O)N[C@@H](CC(=O)NC(C)(C)C)C(=O)NCCNC(=O)c2ccc(F)c(F)c2)cc1. The summed E-state index contributed by atoms with van der Waals surface area (Å²) >= 11 is 0. The van der Waals surface area contributed by atoms with Crippen molar-refractivity contribution < 1.29 is 31.6 Å². The minimum Gasteiger partial charge on any atom is -0.353 e. The number of hydrogen-bond acceptors (Lipinski definition) is 5. The van der Waals surface area contributed by atoms with Crippen LogP contribution in [0.1, 0.15) is 43.1 Å². The molecule has 4 N–H and O–H groups in total. The molecule has 9 nitrogen and oxygen atoms in total. The van der Waals surface area contributed by atoms with Gasteiger partial charge in [-0.15, -0.1) is 0 Å². The number of rotatable bonds is 10. The molecule has 3 amide bonds. The molecule has 0 saturated heterocycles. The van der Waals surface area contributed by atoms with Crippen LogP contribution in [0, 0.1) is 18.6 Å². The molecule has 36 heavy (non-hydrogen) atoms. The van der Waals surface area contributed by atoms with Gasteiger partial charge in [-0.3, -0.25) is 14.4 Å². The smallest absolute Gasteiger partial charge is 0.251 e. The Hall–Kier alpha value is -3.38. The van der Waals surface area contributed by atoms with Crippen molar-refractivity contribution in [1.29, 1.82) is 0 Å². The number of carbonyl (C=O) groups excluding carboxylic acids is 3. The van der Waals surface area contributed by atoms with E-state index in [1.807, 2.05) is 0 Å². The third-order valence-corrected chi connectivity index (χ3v) is 6.23. The van der Waals surface area contributed by atoms with E-state index in [4.69, 9.17) is 0 Å². The second kappa shape index (κ2) is 12.0. The number of sulfonamides is 1. The molecule has 0 bridgehead atoms. The predicted molar refractivity (Wildman–Crippen MR) is 130 cm³/mol.